The van der Waals surface area contributed by atoms with E-state index >= 15 is 0 Å². The van der Waals surface area contributed by atoms with E-state index in [1.807, 2.05) is 0 Å². The molecule has 0 radical (unpaired) electrons. The number of aliphatic hydroxyl groups excluding tert-OH is 1. The molecule has 1 aromatic heterocycles. The summed E-state index contributed by atoms with van der Waals surface area (Å²) in [6.07, 6.45) is 1.45. The van der Waals surface area contributed by atoms with Gasteiger partial charge in [0.1, 0.15) is 0 Å². The number of aromatic nitrogens is 1. The fourth-order valence-electron chi connectivity index (χ4n) is 1.24. The van der Waals surface area contributed by atoms with Crippen molar-refractivity contribution >= 4 is 0 Å². The summed E-state index contributed by atoms with van der Waals surface area (Å²) < 4.78 is 12.6. The minimum absolute atomic E-state index is 0.0232. The van der Waals surface area contributed by atoms with E-state index in [1.54, 1.807) is 14.0 Å². The molecule has 0 saturated carbocycles. The SMILES string of the molecule is CNC(CO)c1cnc(F)cc1C. The molecule has 1 aromatic rings. The maximum Gasteiger partial charge on any atom is 0.213 e. The van der Waals surface area contributed by atoms with Crippen molar-refractivity contribution in [2.45, 2.75) is 13.0 Å². The van der Waals surface area contributed by atoms with Crippen molar-refractivity contribution in [3.63, 3.8) is 0 Å². The summed E-state index contributed by atoms with van der Waals surface area (Å²) in [4.78, 5) is 3.54. The highest BCUT2D eigenvalue weighted by Crippen LogP contribution is 2.15. The van der Waals surface area contributed by atoms with Crippen LogP contribution in [-0.4, -0.2) is 23.7 Å². The molecule has 0 amide bonds. The van der Waals surface area contributed by atoms with E-state index in [0.29, 0.717) is 0 Å². The van der Waals surface area contributed by atoms with Crippen molar-refractivity contribution < 1.29 is 9.50 Å². The highest BCUT2D eigenvalue weighted by atomic mass is 19.1. The van der Waals surface area contributed by atoms with Gasteiger partial charge in [0.05, 0.1) is 12.6 Å². The minimum atomic E-state index is -0.492. The van der Waals surface area contributed by atoms with E-state index in [9.17, 15) is 4.39 Å². The fourth-order valence-corrected chi connectivity index (χ4v) is 1.24. The van der Waals surface area contributed by atoms with Crippen molar-refractivity contribution in [3.05, 3.63) is 29.3 Å². The van der Waals surface area contributed by atoms with Gasteiger partial charge < -0.3 is 10.4 Å². The number of pyridine rings is 1. The molecular weight excluding hydrogens is 171 g/mol. The first-order chi connectivity index (χ1) is 6.19. The second-order valence-electron chi connectivity index (χ2n) is 2.89. The smallest absolute Gasteiger partial charge is 0.213 e. The Morgan fingerprint density at radius 2 is 2.38 bits per heavy atom. The van der Waals surface area contributed by atoms with Crippen LogP contribution in [0.1, 0.15) is 17.2 Å². The molecular formula is C9H13FN2O. The third kappa shape index (κ3) is 2.23. The Hall–Kier alpha value is -1.00. The van der Waals surface area contributed by atoms with Crippen molar-refractivity contribution in [3.8, 4) is 0 Å². The Kier molecular flexibility index (Phi) is 3.33. The van der Waals surface area contributed by atoms with Crippen LogP contribution in [0.3, 0.4) is 0 Å². The monoisotopic (exact) mass is 184 g/mol. The lowest BCUT2D eigenvalue weighted by molar-refractivity contribution is 0.250. The van der Waals surface area contributed by atoms with Crippen LogP contribution in [-0.2, 0) is 0 Å². The van der Waals surface area contributed by atoms with E-state index in [1.165, 1.54) is 12.3 Å². The summed E-state index contributed by atoms with van der Waals surface area (Å²) in [5.41, 5.74) is 1.62. The zero-order valence-corrected chi connectivity index (χ0v) is 7.71. The number of aliphatic hydroxyl groups is 1. The molecule has 1 heterocycles. The molecule has 0 aromatic carbocycles. The molecule has 0 bridgehead atoms. The van der Waals surface area contributed by atoms with Crippen LogP contribution in [0.15, 0.2) is 12.3 Å². The first-order valence-corrected chi connectivity index (χ1v) is 4.09. The normalized spacial score (nSPS) is 12.9. The number of rotatable bonds is 3. The summed E-state index contributed by atoms with van der Waals surface area (Å²) >= 11 is 0. The minimum Gasteiger partial charge on any atom is -0.394 e. The van der Waals surface area contributed by atoms with E-state index in [0.717, 1.165) is 11.1 Å². The molecule has 72 valence electrons. The molecule has 2 N–H and O–H groups in total. The standard InChI is InChI=1S/C9H13FN2O/c1-6-3-9(10)12-4-7(6)8(5-13)11-2/h3-4,8,11,13H,5H2,1-2H3. The number of aryl methyl sites for hydroxylation is 1. The largest absolute Gasteiger partial charge is 0.394 e. The topological polar surface area (TPSA) is 45.1 Å². The third-order valence-corrected chi connectivity index (χ3v) is 2.02. The Morgan fingerprint density at radius 1 is 1.69 bits per heavy atom. The van der Waals surface area contributed by atoms with Gasteiger partial charge in [-0.05, 0) is 31.2 Å². The first-order valence-electron chi connectivity index (χ1n) is 4.09. The predicted octanol–water partition coefficient (Wildman–Crippen LogP) is 0.782. The van der Waals surface area contributed by atoms with Gasteiger partial charge in [-0.15, -0.1) is 0 Å². The number of nitrogens with zero attached hydrogens (tertiary/aromatic N) is 1. The molecule has 1 rings (SSSR count). The molecule has 4 heteroatoms. The second-order valence-corrected chi connectivity index (χ2v) is 2.89. The Bertz CT molecular complexity index is 287. The van der Waals surface area contributed by atoms with Crippen LogP contribution in [0.25, 0.3) is 0 Å². The summed E-state index contributed by atoms with van der Waals surface area (Å²) in [6, 6.07) is 1.18. The number of halogens is 1. The molecule has 13 heavy (non-hydrogen) atoms. The van der Waals surface area contributed by atoms with Gasteiger partial charge in [-0.25, -0.2) is 4.98 Å². The highest BCUT2D eigenvalue weighted by Gasteiger charge is 2.11. The highest BCUT2D eigenvalue weighted by molar-refractivity contribution is 5.25. The van der Waals surface area contributed by atoms with Crippen LogP contribution < -0.4 is 5.32 Å². The van der Waals surface area contributed by atoms with Crippen molar-refractivity contribution in [1.82, 2.24) is 10.3 Å². The quantitative estimate of drug-likeness (QED) is 0.682. The molecule has 1 unspecified atom stereocenters. The van der Waals surface area contributed by atoms with E-state index in [-0.39, 0.29) is 12.6 Å². The van der Waals surface area contributed by atoms with Gasteiger partial charge in [-0.3, -0.25) is 0 Å². The summed E-state index contributed by atoms with van der Waals surface area (Å²) in [5, 5.41) is 11.9. The van der Waals surface area contributed by atoms with Gasteiger partial charge in [-0.1, -0.05) is 0 Å². The van der Waals surface area contributed by atoms with Crippen LogP contribution in [0.2, 0.25) is 0 Å². The van der Waals surface area contributed by atoms with Crippen molar-refractivity contribution in [2.75, 3.05) is 13.7 Å². The molecule has 0 spiro atoms. The molecule has 0 fully saturated rings. The van der Waals surface area contributed by atoms with Gasteiger partial charge in [0.25, 0.3) is 0 Å². The Balaban J connectivity index is 2.99. The molecule has 0 saturated heterocycles. The number of hydrogen-bond acceptors (Lipinski definition) is 3. The molecule has 1 atom stereocenters. The van der Waals surface area contributed by atoms with Crippen molar-refractivity contribution in [2.24, 2.45) is 0 Å². The molecule has 0 aliphatic rings. The van der Waals surface area contributed by atoms with Crippen molar-refractivity contribution in [1.29, 1.82) is 0 Å². The Labute approximate surface area is 76.6 Å². The zero-order chi connectivity index (χ0) is 9.84. The van der Waals surface area contributed by atoms with E-state index < -0.39 is 5.95 Å². The lowest BCUT2D eigenvalue weighted by Crippen LogP contribution is -2.21. The molecule has 3 nitrogen and oxygen atoms in total. The molecule has 0 aliphatic heterocycles. The fraction of sp³-hybridized carbons (Fsp3) is 0.444. The lowest BCUT2D eigenvalue weighted by Gasteiger charge is -2.15. The zero-order valence-electron chi connectivity index (χ0n) is 7.71. The number of nitrogens with one attached hydrogen (secondary N) is 1. The number of hydrogen-bond donors (Lipinski definition) is 2. The number of likely N-dealkylation sites (N-methyl/N-ethyl adjacent to an activating group) is 1. The van der Waals surface area contributed by atoms with Gasteiger partial charge >= 0.3 is 0 Å². The summed E-state index contributed by atoms with van der Waals surface area (Å²) in [7, 11) is 1.74. The van der Waals surface area contributed by atoms with Gasteiger partial charge in [0, 0.05) is 6.20 Å². The van der Waals surface area contributed by atoms with Gasteiger partial charge in [0.15, 0.2) is 0 Å². The van der Waals surface area contributed by atoms with Gasteiger partial charge in [-0.2, -0.15) is 4.39 Å². The molecule has 0 aliphatic carbocycles. The second kappa shape index (κ2) is 4.30. The van der Waals surface area contributed by atoms with Crippen LogP contribution >= 0.6 is 0 Å². The van der Waals surface area contributed by atoms with E-state index in [4.69, 9.17) is 5.11 Å². The average molecular weight is 184 g/mol. The summed E-state index contributed by atoms with van der Waals surface area (Å²) in [6.45, 7) is 1.77. The average Bonchev–Trinajstić information content (AvgIpc) is 2.10. The lowest BCUT2D eigenvalue weighted by atomic mass is 10.1. The first kappa shape index (κ1) is 10.1. The maximum atomic E-state index is 12.6. The summed E-state index contributed by atoms with van der Waals surface area (Å²) in [5.74, 6) is -0.492. The Morgan fingerprint density at radius 3 is 2.85 bits per heavy atom. The predicted molar refractivity (Wildman–Crippen MR) is 47.8 cm³/mol. The van der Waals surface area contributed by atoms with Gasteiger partial charge in [0.2, 0.25) is 5.95 Å². The van der Waals surface area contributed by atoms with Crippen LogP contribution in [0.4, 0.5) is 4.39 Å². The van der Waals surface area contributed by atoms with Crippen LogP contribution in [0.5, 0.6) is 0 Å². The maximum absolute atomic E-state index is 12.6. The third-order valence-electron chi connectivity index (χ3n) is 2.02. The van der Waals surface area contributed by atoms with Crippen LogP contribution in [0, 0.1) is 12.9 Å². The van der Waals surface area contributed by atoms with E-state index in [2.05, 4.69) is 10.3 Å².